The topological polar surface area (TPSA) is 43.4 Å². The third-order valence-corrected chi connectivity index (χ3v) is 3.32. The number of ketones is 1. The van der Waals surface area contributed by atoms with Crippen molar-refractivity contribution < 1.29 is 14.3 Å². The van der Waals surface area contributed by atoms with E-state index in [-0.39, 0.29) is 11.7 Å². The standard InChI is InChI=1S/C13H20O3/c1-9(2)12(15)16-13(4)8-6-5-7-11(13)10(3)14/h11H,1,5-8H2,2-4H3. The van der Waals surface area contributed by atoms with Crippen LogP contribution in [0.25, 0.3) is 0 Å². The molecule has 90 valence electrons. The minimum atomic E-state index is -0.639. The van der Waals surface area contributed by atoms with Crippen molar-refractivity contribution in [3.05, 3.63) is 12.2 Å². The average molecular weight is 224 g/mol. The Labute approximate surface area is 96.9 Å². The lowest BCUT2D eigenvalue weighted by atomic mass is 9.74. The lowest BCUT2D eigenvalue weighted by Crippen LogP contribution is -2.45. The van der Waals surface area contributed by atoms with Crippen molar-refractivity contribution in [2.45, 2.75) is 52.1 Å². The lowest BCUT2D eigenvalue weighted by Gasteiger charge is -2.39. The zero-order valence-electron chi connectivity index (χ0n) is 10.3. The van der Waals surface area contributed by atoms with Crippen molar-refractivity contribution in [1.29, 1.82) is 0 Å². The normalized spacial score (nSPS) is 29.6. The molecule has 0 aromatic heterocycles. The Balaban J connectivity index is 2.82. The van der Waals surface area contributed by atoms with E-state index in [9.17, 15) is 9.59 Å². The van der Waals surface area contributed by atoms with Crippen LogP contribution in [0, 0.1) is 5.92 Å². The zero-order valence-corrected chi connectivity index (χ0v) is 10.3. The first-order valence-corrected chi connectivity index (χ1v) is 5.76. The molecular weight excluding hydrogens is 204 g/mol. The first kappa shape index (κ1) is 12.9. The molecule has 0 aliphatic heterocycles. The number of hydrogen-bond acceptors (Lipinski definition) is 3. The van der Waals surface area contributed by atoms with Gasteiger partial charge in [0.15, 0.2) is 0 Å². The van der Waals surface area contributed by atoms with Gasteiger partial charge >= 0.3 is 5.97 Å². The van der Waals surface area contributed by atoms with E-state index in [2.05, 4.69) is 6.58 Å². The predicted molar refractivity (Wildman–Crippen MR) is 62.0 cm³/mol. The number of hydrogen-bond donors (Lipinski definition) is 0. The third kappa shape index (κ3) is 2.71. The van der Waals surface area contributed by atoms with Crippen LogP contribution >= 0.6 is 0 Å². The Kier molecular flexibility index (Phi) is 3.89. The fourth-order valence-electron chi connectivity index (χ4n) is 2.36. The third-order valence-electron chi connectivity index (χ3n) is 3.32. The van der Waals surface area contributed by atoms with Gasteiger partial charge in [0.25, 0.3) is 0 Å². The summed E-state index contributed by atoms with van der Waals surface area (Å²) in [5, 5.41) is 0. The molecule has 0 heterocycles. The molecule has 0 aromatic carbocycles. The van der Waals surface area contributed by atoms with Crippen LogP contribution in [0.2, 0.25) is 0 Å². The van der Waals surface area contributed by atoms with Crippen LogP contribution in [0.15, 0.2) is 12.2 Å². The van der Waals surface area contributed by atoms with Crippen molar-refractivity contribution in [2.75, 3.05) is 0 Å². The van der Waals surface area contributed by atoms with Gasteiger partial charge in [0, 0.05) is 5.57 Å². The molecule has 1 rings (SSSR count). The highest BCUT2D eigenvalue weighted by Crippen LogP contribution is 2.37. The second kappa shape index (κ2) is 4.81. The molecule has 1 saturated carbocycles. The molecule has 0 bridgehead atoms. The molecule has 0 N–H and O–H groups in total. The quantitative estimate of drug-likeness (QED) is 0.546. The summed E-state index contributed by atoms with van der Waals surface area (Å²) in [5.74, 6) is -0.447. The van der Waals surface area contributed by atoms with Crippen molar-refractivity contribution in [1.82, 2.24) is 0 Å². The summed E-state index contributed by atoms with van der Waals surface area (Å²) >= 11 is 0. The van der Waals surface area contributed by atoms with Crippen molar-refractivity contribution >= 4 is 11.8 Å². The van der Waals surface area contributed by atoms with Gasteiger partial charge in [-0.25, -0.2) is 4.79 Å². The number of carbonyl (C=O) groups excluding carboxylic acids is 2. The summed E-state index contributed by atoms with van der Waals surface area (Å²) < 4.78 is 5.45. The molecule has 0 spiro atoms. The minimum Gasteiger partial charge on any atom is -0.455 e. The van der Waals surface area contributed by atoms with E-state index in [1.165, 1.54) is 0 Å². The monoisotopic (exact) mass is 224 g/mol. The average Bonchev–Trinajstić information content (AvgIpc) is 2.16. The summed E-state index contributed by atoms with van der Waals surface area (Å²) in [6.07, 6.45) is 3.61. The number of esters is 1. The Morgan fingerprint density at radius 2 is 1.94 bits per heavy atom. The Morgan fingerprint density at radius 3 is 2.44 bits per heavy atom. The second-order valence-corrected chi connectivity index (χ2v) is 4.89. The number of ether oxygens (including phenoxy) is 1. The van der Waals surface area contributed by atoms with Gasteiger partial charge in [-0.1, -0.05) is 13.0 Å². The van der Waals surface area contributed by atoms with Gasteiger partial charge in [0.2, 0.25) is 0 Å². The van der Waals surface area contributed by atoms with Gasteiger partial charge in [-0.15, -0.1) is 0 Å². The van der Waals surface area contributed by atoms with Crippen LogP contribution in [0.4, 0.5) is 0 Å². The molecule has 0 amide bonds. The molecule has 3 heteroatoms. The fourth-order valence-corrected chi connectivity index (χ4v) is 2.36. The number of carbonyl (C=O) groups is 2. The van der Waals surface area contributed by atoms with E-state index in [0.29, 0.717) is 5.57 Å². The van der Waals surface area contributed by atoms with Crippen LogP contribution < -0.4 is 0 Å². The van der Waals surface area contributed by atoms with Gasteiger partial charge in [0.1, 0.15) is 11.4 Å². The predicted octanol–water partition coefficient (Wildman–Crippen LogP) is 2.64. The van der Waals surface area contributed by atoms with Crippen molar-refractivity contribution in [3.63, 3.8) is 0 Å². The van der Waals surface area contributed by atoms with Crippen molar-refractivity contribution in [3.8, 4) is 0 Å². The van der Waals surface area contributed by atoms with Gasteiger partial charge in [-0.2, -0.15) is 0 Å². The van der Waals surface area contributed by atoms with Crippen LogP contribution in [0.5, 0.6) is 0 Å². The van der Waals surface area contributed by atoms with Crippen LogP contribution in [0.3, 0.4) is 0 Å². The molecule has 2 unspecified atom stereocenters. The Morgan fingerprint density at radius 1 is 1.31 bits per heavy atom. The zero-order chi connectivity index (χ0) is 12.3. The van der Waals surface area contributed by atoms with E-state index in [0.717, 1.165) is 25.7 Å². The number of Topliss-reactive ketones (excluding diaryl/α,β-unsaturated/α-hetero) is 1. The first-order valence-electron chi connectivity index (χ1n) is 5.76. The molecule has 0 saturated heterocycles. The first-order chi connectivity index (χ1) is 7.37. The van der Waals surface area contributed by atoms with E-state index in [1.54, 1.807) is 13.8 Å². The fraction of sp³-hybridized carbons (Fsp3) is 0.692. The maximum Gasteiger partial charge on any atom is 0.333 e. The molecular formula is C13H20O3. The van der Waals surface area contributed by atoms with Gasteiger partial charge in [-0.3, -0.25) is 4.79 Å². The van der Waals surface area contributed by atoms with E-state index in [4.69, 9.17) is 4.74 Å². The Bertz CT molecular complexity index is 319. The van der Waals surface area contributed by atoms with Gasteiger partial charge < -0.3 is 4.74 Å². The highest BCUT2D eigenvalue weighted by molar-refractivity contribution is 5.88. The molecule has 0 radical (unpaired) electrons. The molecule has 3 nitrogen and oxygen atoms in total. The summed E-state index contributed by atoms with van der Waals surface area (Å²) in [5.41, 5.74) is -0.255. The SMILES string of the molecule is C=C(C)C(=O)OC1(C)CCCCC1C(C)=O. The minimum absolute atomic E-state index is 0.108. The maximum atomic E-state index is 11.6. The maximum absolute atomic E-state index is 11.6. The number of rotatable bonds is 3. The summed E-state index contributed by atoms with van der Waals surface area (Å²) in [6, 6.07) is 0. The highest BCUT2D eigenvalue weighted by atomic mass is 16.6. The summed E-state index contributed by atoms with van der Waals surface area (Å²) in [4.78, 5) is 23.1. The smallest absolute Gasteiger partial charge is 0.333 e. The van der Waals surface area contributed by atoms with Crippen LogP contribution in [0.1, 0.15) is 46.5 Å². The van der Waals surface area contributed by atoms with E-state index in [1.807, 2.05) is 6.92 Å². The van der Waals surface area contributed by atoms with Crippen molar-refractivity contribution in [2.24, 2.45) is 5.92 Å². The molecule has 16 heavy (non-hydrogen) atoms. The van der Waals surface area contributed by atoms with E-state index < -0.39 is 11.6 Å². The lowest BCUT2D eigenvalue weighted by molar-refractivity contribution is -0.165. The van der Waals surface area contributed by atoms with Crippen LogP contribution in [-0.2, 0) is 14.3 Å². The summed E-state index contributed by atoms with van der Waals surface area (Å²) in [7, 11) is 0. The highest BCUT2D eigenvalue weighted by Gasteiger charge is 2.42. The van der Waals surface area contributed by atoms with Gasteiger partial charge in [0.05, 0.1) is 5.92 Å². The van der Waals surface area contributed by atoms with Crippen LogP contribution in [-0.4, -0.2) is 17.4 Å². The second-order valence-electron chi connectivity index (χ2n) is 4.89. The van der Waals surface area contributed by atoms with E-state index >= 15 is 0 Å². The van der Waals surface area contributed by atoms with Gasteiger partial charge in [-0.05, 0) is 40.0 Å². The Hall–Kier alpha value is -1.12. The summed E-state index contributed by atoms with van der Waals surface area (Å²) in [6.45, 7) is 8.62. The molecule has 0 aromatic rings. The largest absolute Gasteiger partial charge is 0.455 e. The molecule has 2 atom stereocenters. The molecule has 1 fully saturated rings. The molecule has 1 aliphatic rings. The molecule has 1 aliphatic carbocycles.